The van der Waals surface area contributed by atoms with Crippen molar-refractivity contribution >= 4 is 33.4 Å². The van der Waals surface area contributed by atoms with E-state index in [1.807, 2.05) is 61.7 Å². The van der Waals surface area contributed by atoms with Crippen molar-refractivity contribution in [2.24, 2.45) is 0 Å². The predicted octanol–water partition coefficient (Wildman–Crippen LogP) is 5.51. The Balaban J connectivity index is 1.62. The van der Waals surface area contributed by atoms with E-state index in [1.165, 1.54) is 5.56 Å². The maximum Gasteiger partial charge on any atom is 0.246 e. The van der Waals surface area contributed by atoms with E-state index in [0.29, 0.717) is 0 Å². The van der Waals surface area contributed by atoms with E-state index < -0.39 is 0 Å². The van der Waals surface area contributed by atoms with Gasteiger partial charge >= 0.3 is 0 Å². The molecule has 0 aliphatic rings. The maximum atomic E-state index is 12.9. The zero-order valence-corrected chi connectivity index (χ0v) is 17.5. The van der Waals surface area contributed by atoms with Crippen molar-refractivity contribution in [1.29, 1.82) is 0 Å². The highest BCUT2D eigenvalue weighted by molar-refractivity contribution is 6.08. The second-order valence-electron chi connectivity index (χ2n) is 7.77. The predicted molar refractivity (Wildman–Crippen MR) is 125 cm³/mol. The molecular weight excluding hydrogens is 384 g/mol. The highest BCUT2D eigenvalue weighted by Gasteiger charge is 2.18. The molecule has 5 heteroatoms. The molecule has 5 rings (SSSR count). The first-order valence-corrected chi connectivity index (χ1v) is 10.3. The first-order chi connectivity index (χ1) is 15.1. The third kappa shape index (κ3) is 3.55. The van der Waals surface area contributed by atoms with Crippen LogP contribution in [-0.4, -0.2) is 20.7 Å². The number of benzene rings is 3. The number of carbonyl (C=O) groups is 1. The monoisotopic (exact) mass is 406 g/mol. The maximum absolute atomic E-state index is 12.9. The third-order valence-electron chi connectivity index (χ3n) is 5.52. The molecule has 1 N–H and O–H groups in total. The molecule has 2 aromatic heterocycles. The summed E-state index contributed by atoms with van der Waals surface area (Å²) in [6.07, 6.45) is 1.86. The SMILES string of the molecule is Cc1ccc(-c2nn(CC(=O)Nc3ccccc3C)c3c2cnc2ccccc23)cc1. The van der Waals surface area contributed by atoms with Gasteiger partial charge in [-0.05, 0) is 31.5 Å². The molecule has 0 saturated heterocycles. The molecule has 0 aliphatic carbocycles. The lowest BCUT2D eigenvalue weighted by Gasteiger charge is -2.09. The second kappa shape index (κ2) is 7.69. The first-order valence-electron chi connectivity index (χ1n) is 10.3. The van der Waals surface area contributed by atoms with Crippen LogP contribution in [0.25, 0.3) is 33.1 Å². The molecule has 0 saturated carbocycles. The number of anilines is 1. The van der Waals surface area contributed by atoms with Crippen molar-refractivity contribution in [2.45, 2.75) is 20.4 Å². The fourth-order valence-electron chi connectivity index (χ4n) is 3.88. The number of nitrogens with one attached hydrogen (secondary N) is 1. The van der Waals surface area contributed by atoms with Crippen molar-refractivity contribution in [1.82, 2.24) is 14.8 Å². The van der Waals surface area contributed by atoms with Crippen LogP contribution in [0, 0.1) is 13.8 Å². The number of nitrogens with zero attached hydrogens (tertiary/aromatic N) is 3. The average Bonchev–Trinajstić information content (AvgIpc) is 3.14. The molecule has 3 aromatic carbocycles. The Morgan fingerprint density at radius 3 is 2.45 bits per heavy atom. The van der Waals surface area contributed by atoms with Gasteiger partial charge in [0.2, 0.25) is 5.91 Å². The van der Waals surface area contributed by atoms with Gasteiger partial charge in [-0.25, -0.2) is 0 Å². The van der Waals surface area contributed by atoms with Gasteiger partial charge in [0.1, 0.15) is 12.2 Å². The minimum Gasteiger partial charge on any atom is -0.324 e. The van der Waals surface area contributed by atoms with Crippen LogP contribution in [0.3, 0.4) is 0 Å². The normalized spacial score (nSPS) is 11.2. The number of pyridine rings is 1. The number of aromatic nitrogens is 3. The van der Waals surface area contributed by atoms with E-state index in [0.717, 1.165) is 44.3 Å². The van der Waals surface area contributed by atoms with Crippen LogP contribution < -0.4 is 5.32 Å². The van der Waals surface area contributed by atoms with Crippen LogP contribution in [0.15, 0.2) is 79.0 Å². The molecule has 0 bridgehead atoms. The van der Waals surface area contributed by atoms with E-state index in [2.05, 4.69) is 41.5 Å². The summed E-state index contributed by atoms with van der Waals surface area (Å²) >= 11 is 0. The second-order valence-corrected chi connectivity index (χ2v) is 7.77. The minimum atomic E-state index is -0.116. The molecule has 2 heterocycles. The molecule has 0 radical (unpaired) electrons. The summed E-state index contributed by atoms with van der Waals surface area (Å²) in [6, 6.07) is 24.0. The van der Waals surface area contributed by atoms with E-state index in [4.69, 9.17) is 5.10 Å². The molecule has 1 amide bonds. The zero-order valence-electron chi connectivity index (χ0n) is 17.5. The van der Waals surface area contributed by atoms with Gasteiger partial charge in [-0.2, -0.15) is 5.10 Å². The van der Waals surface area contributed by atoms with E-state index in [-0.39, 0.29) is 12.5 Å². The van der Waals surface area contributed by atoms with Crippen molar-refractivity contribution in [2.75, 3.05) is 5.32 Å². The minimum absolute atomic E-state index is 0.116. The summed E-state index contributed by atoms with van der Waals surface area (Å²) in [7, 11) is 0. The Morgan fingerprint density at radius 2 is 1.65 bits per heavy atom. The number of hydrogen-bond acceptors (Lipinski definition) is 3. The molecule has 31 heavy (non-hydrogen) atoms. The quantitative estimate of drug-likeness (QED) is 0.428. The van der Waals surface area contributed by atoms with Gasteiger partial charge in [-0.3, -0.25) is 14.5 Å². The first kappa shape index (κ1) is 19.0. The summed E-state index contributed by atoms with van der Waals surface area (Å²) in [6.45, 7) is 4.16. The lowest BCUT2D eigenvalue weighted by Crippen LogP contribution is -2.20. The van der Waals surface area contributed by atoms with Crippen LogP contribution in [0.4, 0.5) is 5.69 Å². The van der Waals surface area contributed by atoms with Gasteiger partial charge in [-0.15, -0.1) is 0 Å². The Kier molecular flexibility index (Phi) is 4.71. The number of rotatable bonds is 4. The number of hydrogen-bond donors (Lipinski definition) is 1. The topological polar surface area (TPSA) is 59.8 Å². The van der Waals surface area contributed by atoms with Crippen LogP contribution in [0.1, 0.15) is 11.1 Å². The lowest BCUT2D eigenvalue weighted by atomic mass is 10.1. The lowest BCUT2D eigenvalue weighted by molar-refractivity contribution is -0.116. The van der Waals surface area contributed by atoms with Crippen LogP contribution in [0.5, 0.6) is 0 Å². The molecule has 0 spiro atoms. The van der Waals surface area contributed by atoms with Crippen molar-refractivity contribution in [3.05, 3.63) is 90.1 Å². The van der Waals surface area contributed by atoms with Gasteiger partial charge in [-0.1, -0.05) is 66.2 Å². The van der Waals surface area contributed by atoms with Gasteiger partial charge in [0.05, 0.1) is 11.0 Å². The van der Waals surface area contributed by atoms with E-state index in [1.54, 1.807) is 4.68 Å². The fourth-order valence-corrected chi connectivity index (χ4v) is 3.88. The van der Waals surface area contributed by atoms with E-state index >= 15 is 0 Å². The standard InChI is InChI=1S/C26H22N4O/c1-17-11-13-19(14-12-17)25-21-15-27-23-10-6-4-8-20(23)26(21)30(29-25)16-24(31)28-22-9-5-3-7-18(22)2/h3-15H,16H2,1-2H3,(H,28,31). The molecule has 0 aliphatic heterocycles. The highest BCUT2D eigenvalue weighted by Crippen LogP contribution is 2.32. The number of carbonyl (C=O) groups excluding carboxylic acids is 1. The van der Waals surface area contributed by atoms with Gasteiger partial charge in [0.25, 0.3) is 0 Å². The number of fused-ring (bicyclic) bond motifs is 3. The largest absolute Gasteiger partial charge is 0.324 e. The Labute approximate surface area is 180 Å². The third-order valence-corrected chi connectivity index (χ3v) is 5.52. The molecule has 0 atom stereocenters. The van der Waals surface area contributed by atoms with Crippen LogP contribution in [-0.2, 0) is 11.3 Å². The summed E-state index contributed by atoms with van der Waals surface area (Å²) in [5.74, 6) is -0.116. The van der Waals surface area contributed by atoms with Crippen molar-refractivity contribution in [3.63, 3.8) is 0 Å². The molecule has 0 fully saturated rings. The number of aryl methyl sites for hydroxylation is 2. The van der Waals surface area contributed by atoms with Crippen LogP contribution >= 0.6 is 0 Å². The Morgan fingerprint density at radius 1 is 0.903 bits per heavy atom. The fraction of sp³-hybridized carbons (Fsp3) is 0.115. The zero-order chi connectivity index (χ0) is 21.4. The van der Waals surface area contributed by atoms with Crippen molar-refractivity contribution < 1.29 is 4.79 Å². The van der Waals surface area contributed by atoms with Gasteiger partial charge in [0, 0.05) is 28.2 Å². The van der Waals surface area contributed by atoms with Gasteiger partial charge < -0.3 is 5.32 Å². The van der Waals surface area contributed by atoms with Crippen molar-refractivity contribution in [3.8, 4) is 11.3 Å². The summed E-state index contributed by atoms with van der Waals surface area (Å²) in [4.78, 5) is 17.5. The van der Waals surface area contributed by atoms with E-state index in [9.17, 15) is 4.79 Å². The number of para-hydroxylation sites is 2. The smallest absolute Gasteiger partial charge is 0.246 e. The summed E-state index contributed by atoms with van der Waals surface area (Å²) in [5, 5.41) is 9.79. The Hall–Kier alpha value is -3.99. The average molecular weight is 406 g/mol. The number of amides is 1. The highest BCUT2D eigenvalue weighted by atomic mass is 16.2. The molecular formula is C26H22N4O. The molecule has 5 nitrogen and oxygen atoms in total. The molecule has 152 valence electrons. The van der Waals surface area contributed by atoms with Gasteiger partial charge in [0.15, 0.2) is 0 Å². The van der Waals surface area contributed by atoms with Crippen LogP contribution in [0.2, 0.25) is 0 Å². The Bertz CT molecular complexity index is 1420. The summed E-state index contributed by atoms with van der Waals surface area (Å²) < 4.78 is 1.79. The molecule has 0 unspecified atom stereocenters. The molecule has 5 aromatic rings. The summed E-state index contributed by atoms with van der Waals surface area (Å²) in [5.41, 5.74) is 6.66.